The third kappa shape index (κ3) is 6.79. The van der Waals surface area contributed by atoms with Crippen molar-refractivity contribution in [3.05, 3.63) is 59.9 Å². The highest BCUT2D eigenvalue weighted by Gasteiger charge is 2.25. The summed E-state index contributed by atoms with van der Waals surface area (Å²) >= 11 is 0. The minimum absolute atomic E-state index is 0.168. The van der Waals surface area contributed by atoms with Crippen LogP contribution in [-0.2, 0) is 0 Å². The molecule has 0 amide bonds. The zero-order valence-electron chi connectivity index (χ0n) is 20.2. The molecular formula is C30H43FSi. The summed E-state index contributed by atoms with van der Waals surface area (Å²) in [5, 5.41) is 0. The fraction of sp³-hybridized carbons (Fsp3) is 0.600. The number of hydrogen-bond donors (Lipinski definition) is 0. The summed E-state index contributed by atoms with van der Waals surface area (Å²) in [5.41, 5.74) is 3.78. The molecule has 2 aromatic carbocycles. The lowest BCUT2D eigenvalue weighted by atomic mass is 9.76. The summed E-state index contributed by atoms with van der Waals surface area (Å²) in [6.45, 7) is 2.33. The Hall–Kier alpha value is -1.41. The molecule has 1 saturated heterocycles. The molecule has 0 unspecified atom stereocenters. The molecule has 1 aliphatic heterocycles. The molecule has 0 atom stereocenters. The fourth-order valence-electron chi connectivity index (χ4n) is 6.34. The van der Waals surface area contributed by atoms with E-state index in [-0.39, 0.29) is 14.6 Å². The van der Waals surface area contributed by atoms with Crippen molar-refractivity contribution in [1.82, 2.24) is 0 Å². The van der Waals surface area contributed by atoms with E-state index >= 15 is 0 Å². The molecule has 0 spiro atoms. The van der Waals surface area contributed by atoms with Gasteiger partial charge in [-0.05, 0) is 72.3 Å². The molecule has 2 aliphatic rings. The van der Waals surface area contributed by atoms with E-state index in [1.165, 1.54) is 68.9 Å². The third-order valence-corrected chi connectivity index (χ3v) is 12.1. The Balaban J connectivity index is 1.16. The second-order valence-electron chi connectivity index (χ2n) is 10.8. The summed E-state index contributed by atoms with van der Waals surface area (Å²) in [5.74, 6) is 2.60. The van der Waals surface area contributed by atoms with Crippen molar-refractivity contribution in [3.8, 4) is 11.1 Å². The van der Waals surface area contributed by atoms with Crippen LogP contribution in [0, 0.1) is 17.7 Å². The molecule has 1 aliphatic carbocycles. The van der Waals surface area contributed by atoms with Crippen LogP contribution in [0.1, 0.15) is 89.0 Å². The van der Waals surface area contributed by atoms with Crippen LogP contribution in [-0.4, -0.2) is 8.80 Å². The van der Waals surface area contributed by atoms with Gasteiger partial charge in [0.05, 0.1) is 0 Å². The number of hydrogen-bond acceptors (Lipinski definition) is 0. The van der Waals surface area contributed by atoms with E-state index in [0.29, 0.717) is 0 Å². The van der Waals surface area contributed by atoms with Gasteiger partial charge < -0.3 is 0 Å². The molecule has 0 N–H and O–H groups in total. The fourth-order valence-corrected chi connectivity index (χ4v) is 9.96. The van der Waals surface area contributed by atoms with Gasteiger partial charge in [-0.3, -0.25) is 0 Å². The summed E-state index contributed by atoms with van der Waals surface area (Å²) in [6, 6.07) is 20.8. The average molecular weight is 451 g/mol. The van der Waals surface area contributed by atoms with Gasteiger partial charge in [-0.1, -0.05) is 106 Å². The van der Waals surface area contributed by atoms with E-state index in [1.54, 1.807) is 43.1 Å². The van der Waals surface area contributed by atoms with E-state index in [9.17, 15) is 4.39 Å². The molecule has 32 heavy (non-hydrogen) atoms. The maximum atomic E-state index is 13.2. The Morgan fingerprint density at radius 3 is 1.88 bits per heavy atom. The Bertz CT molecular complexity index is 781. The van der Waals surface area contributed by atoms with Gasteiger partial charge in [0.15, 0.2) is 0 Å². The normalized spacial score (nSPS) is 26.2. The van der Waals surface area contributed by atoms with Crippen LogP contribution in [0.15, 0.2) is 48.5 Å². The van der Waals surface area contributed by atoms with Crippen LogP contribution in [0.3, 0.4) is 0 Å². The van der Waals surface area contributed by atoms with E-state index < -0.39 is 0 Å². The van der Waals surface area contributed by atoms with Crippen LogP contribution >= 0.6 is 0 Å². The Morgan fingerprint density at radius 2 is 1.28 bits per heavy atom. The van der Waals surface area contributed by atoms with Gasteiger partial charge in [0.25, 0.3) is 0 Å². The minimum atomic E-state index is -0.342. The number of rotatable bonds is 9. The zero-order valence-corrected chi connectivity index (χ0v) is 21.4. The Morgan fingerprint density at radius 1 is 0.719 bits per heavy atom. The second kappa shape index (κ2) is 12.2. The first-order chi connectivity index (χ1) is 15.7. The van der Waals surface area contributed by atoms with Crippen LogP contribution in [0.2, 0.25) is 18.1 Å². The van der Waals surface area contributed by atoms with Crippen molar-refractivity contribution in [1.29, 1.82) is 0 Å². The predicted molar refractivity (Wildman–Crippen MR) is 140 cm³/mol. The van der Waals surface area contributed by atoms with Crippen LogP contribution in [0.5, 0.6) is 0 Å². The quantitative estimate of drug-likeness (QED) is 0.264. The van der Waals surface area contributed by atoms with Crippen molar-refractivity contribution >= 4 is 8.80 Å². The molecule has 2 heteroatoms. The van der Waals surface area contributed by atoms with Crippen molar-refractivity contribution in [2.45, 2.75) is 102 Å². The summed E-state index contributed by atoms with van der Waals surface area (Å²) in [7, 11) is -0.342. The summed E-state index contributed by atoms with van der Waals surface area (Å²) in [4.78, 5) is 0. The highest BCUT2D eigenvalue weighted by molar-refractivity contribution is 6.58. The molecule has 0 nitrogen and oxygen atoms in total. The van der Waals surface area contributed by atoms with Gasteiger partial charge in [-0.2, -0.15) is 0 Å². The van der Waals surface area contributed by atoms with E-state index in [1.807, 2.05) is 12.1 Å². The Labute approximate surface area is 197 Å². The standard InChI is InChI=1S/C30H43FSi/c1-2-3-4-21-32-22-19-25(20-23-32)6-5-24-7-9-26(10-8-24)27-11-13-28(14-12-27)29-15-17-30(31)18-16-29/h11-18,24-26,32H,2-10,19-23H2,1H3. The van der Waals surface area contributed by atoms with Gasteiger partial charge in [0.1, 0.15) is 5.82 Å². The first kappa shape index (κ1) is 23.7. The Kier molecular flexibility index (Phi) is 9.02. The molecule has 4 rings (SSSR count). The number of benzene rings is 2. The van der Waals surface area contributed by atoms with Crippen molar-refractivity contribution in [2.75, 3.05) is 0 Å². The van der Waals surface area contributed by atoms with Crippen molar-refractivity contribution in [2.24, 2.45) is 11.8 Å². The first-order valence-electron chi connectivity index (χ1n) is 13.6. The molecule has 0 aromatic heterocycles. The highest BCUT2D eigenvalue weighted by Crippen LogP contribution is 2.40. The maximum Gasteiger partial charge on any atom is 0.123 e. The monoisotopic (exact) mass is 450 g/mol. The topological polar surface area (TPSA) is 0 Å². The molecule has 1 saturated carbocycles. The van der Waals surface area contributed by atoms with Crippen LogP contribution in [0.25, 0.3) is 11.1 Å². The molecule has 0 bridgehead atoms. The molecule has 2 fully saturated rings. The first-order valence-corrected chi connectivity index (χ1v) is 16.0. The lowest BCUT2D eigenvalue weighted by molar-refractivity contribution is 0.280. The molecule has 174 valence electrons. The molecular weight excluding hydrogens is 407 g/mol. The van der Waals surface area contributed by atoms with E-state index in [2.05, 4.69) is 31.2 Å². The SMILES string of the molecule is CCCCC[SiH]1CCC(CCC2CCC(c3ccc(-c4ccc(F)cc4)cc3)CC2)CC1. The van der Waals surface area contributed by atoms with Gasteiger partial charge in [0, 0.05) is 8.80 Å². The van der Waals surface area contributed by atoms with Crippen molar-refractivity contribution in [3.63, 3.8) is 0 Å². The summed E-state index contributed by atoms with van der Waals surface area (Å²) in [6.07, 6.45) is 16.1. The third-order valence-electron chi connectivity index (χ3n) is 8.57. The number of halogens is 1. The van der Waals surface area contributed by atoms with Gasteiger partial charge in [-0.15, -0.1) is 0 Å². The minimum Gasteiger partial charge on any atom is -0.207 e. The lowest BCUT2D eigenvalue weighted by Gasteiger charge is -2.32. The van der Waals surface area contributed by atoms with Gasteiger partial charge >= 0.3 is 0 Å². The van der Waals surface area contributed by atoms with Crippen LogP contribution in [0.4, 0.5) is 4.39 Å². The van der Waals surface area contributed by atoms with Gasteiger partial charge in [0.2, 0.25) is 0 Å². The predicted octanol–water partition coefficient (Wildman–Crippen LogP) is 9.37. The second-order valence-corrected chi connectivity index (χ2v) is 14.3. The zero-order chi connectivity index (χ0) is 22.2. The average Bonchev–Trinajstić information content (AvgIpc) is 2.85. The lowest BCUT2D eigenvalue weighted by Crippen LogP contribution is -2.22. The van der Waals surface area contributed by atoms with Crippen molar-refractivity contribution < 1.29 is 4.39 Å². The number of unbranched alkanes of at least 4 members (excludes halogenated alkanes) is 2. The maximum absolute atomic E-state index is 13.2. The van der Waals surface area contributed by atoms with E-state index in [0.717, 1.165) is 23.3 Å². The smallest absolute Gasteiger partial charge is 0.123 e. The largest absolute Gasteiger partial charge is 0.207 e. The van der Waals surface area contributed by atoms with E-state index in [4.69, 9.17) is 0 Å². The molecule has 2 aromatic rings. The van der Waals surface area contributed by atoms with Crippen LogP contribution < -0.4 is 0 Å². The summed E-state index contributed by atoms with van der Waals surface area (Å²) < 4.78 is 13.2. The van der Waals surface area contributed by atoms with Gasteiger partial charge in [-0.25, -0.2) is 4.39 Å². The molecule has 0 radical (unpaired) electrons. The highest BCUT2D eigenvalue weighted by atomic mass is 28.3. The molecule has 1 heterocycles.